The van der Waals surface area contributed by atoms with Crippen LogP contribution in [0.1, 0.15) is 94.3 Å². The first-order chi connectivity index (χ1) is 41.5. The number of amides is 1. The number of phosphoric acid groups is 3. The number of hydrogen-bond acceptors (Lipinski definition) is 20. The number of aromatic nitrogens is 2. The smallest absolute Gasteiger partial charge is 0.490 e. The number of aliphatic hydroxyl groups is 2. The molecule has 478 valence electrons. The standard InChI is InChI=1S/C56H65N6O22P3S2/c1-6-62-44-31-46-41(30-40(44)35(2)32-55(62,3)4)37(28-45(81-46)36-16-9-7-10-17-36)18-11-8-12-20-48-56(5,42-29-39(89(77,78)79)22-23-43(42)60(48)26-15-27-88(74,75)76)24-13-21-49(63)58-25-14-19-38-33-61(54(66)59-52(38)57)53-51(65)50(64)47(82-53)34-80-86(70,71)84-87(72,73)83-85(67,68)69/h7-12,16-18,20,22-23,28-33,47,50-51,53,64-65H,6,13,15,21,24-27,34H2,1-5H3,(H8-,57,58,59,63,66,67,68,69,70,71,72,73,74,75,76,77,78,79)/t47-,50-,51-,53-,56?/m1/s1. The largest absolute Gasteiger partial charge is 0.748 e. The summed E-state index contributed by atoms with van der Waals surface area (Å²) in [5.74, 6) is 5.01. The van der Waals surface area contributed by atoms with Crippen molar-refractivity contribution in [3.8, 4) is 17.6 Å². The molecule has 0 spiro atoms. The number of nitrogen functional groups attached to an aromatic ring is 1. The second-order valence-electron chi connectivity index (χ2n) is 21.7. The number of benzene rings is 3. The lowest BCUT2D eigenvalue weighted by Crippen LogP contribution is -2.44. The molecule has 33 heteroatoms. The summed E-state index contributed by atoms with van der Waals surface area (Å²) in [4.78, 5) is 68.6. The zero-order valence-electron chi connectivity index (χ0n) is 48.3. The van der Waals surface area contributed by atoms with Crippen LogP contribution in [-0.4, -0.2) is 137 Å². The van der Waals surface area contributed by atoms with Gasteiger partial charge in [0.1, 0.15) is 42.2 Å². The van der Waals surface area contributed by atoms with Gasteiger partial charge in [-0.3, -0.25) is 18.4 Å². The summed E-state index contributed by atoms with van der Waals surface area (Å²) in [6.45, 7) is 9.65. The van der Waals surface area contributed by atoms with Crippen molar-refractivity contribution in [3.63, 3.8) is 0 Å². The Hall–Kier alpha value is -6.55. The SMILES string of the molecule is CCN1c2cc3c(cc2C(C)=CC1(C)C)C(=CC=CC=CC1=[N+](CCCS(=O)(=O)[O-])c2ccc(S(=O)(=O)O)cc2C1(C)CCCC(=O)NCC#Cc1cn([C@@H]2O[C@H](COP(=O)(O)OP(=O)(O)OP(=O)(O)O)[C@@H](O)[C@H]2O)c(=O)nc1N)C=C(c1ccccc1)O3. The Kier molecular flexibility index (Phi) is 20.5. The van der Waals surface area contributed by atoms with E-state index in [-0.39, 0.29) is 49.9 Å². The van der Waals surface area contributed by atoms with Crippen molar-refractivity contribution < 1.29 is 101 Å². The first-order valence-corrected chi connectivity index (χ1v) is 34.8. The summed E-state index contributed by atoms with van der Waals surface area (Å²) in [5.41, 5.74) is 10.6. The second kappa shape index (κ2) is 26.7. The maximum Gasteiger partial charge on any atom is 0.490 e. The highest BCUT2D eigenvalue weighted by Crippen LogP contribution is 2.66. The van der Waals surface area contributed by atoms with Crippen LogP contribution in [-0.2, 0) is 62.0 Å². The first-order valence-electron chi connectivity index (χ1n) is 27.3. The molecule has 1 aromatic heterocycles. The van der Waals surface area contributed by atoms with Crippen molar-refractivity contribution in [2.45, 2.75) is 101 Å². The average Bonchev–Trinajstić information content (AvgIpc) is 1.73. The molecule has 10 N–H and O–H groups in total. The van der Waals surface area contributed by atoms with Crippen LogP contribution in [0.3, 0.4) is 0 Å². The van der Waals surface area contributed by atoms with Crippen LogP contribution in [0, 0.1) is 11.8 Å². The number of nitrogens with one attached hydrogen (secondary N) is 1. The number of aliphatic hydroxyl groups excluding tert-OH is 2. The molecule has 5 heterocycles. The third kappa shape index (κ3) is 16.5. The van der Waals surface area contributed by atoms with Crippen molar-refractivity contribution in [1.82, 2.24) is 14.9 Å². The van der Waals surface area contributed by atoms with Crippen LogP contribution in [0.15, 0.2) is 119 Å². The Morgan fingerprint density at radius 2 is 1.67 bits per heavy atom. The lowest BCUT2D eigenvalue weighted by atomic mass is 9.75. The van der Waals surface area contributed by atoms with E-state index in [4.69, 9.17) is 25.0 Å². The monoisotopic (exact) mass is 1330 g/mol. The fourth-order valence-electron chi connectivity index (χ4n) is 11.0. The van der Waals surface area contributed by atoms with Crippen LogP contribution in [0.5, 0.6) is 5.75 Å². The van der Waals surface area contributed by atoms with Gasteiger partial charge in [0.2, 0.25) is 11.6 Å². The number of anilines is 2. The Bertz CT molecular complexity index is 4170. The predicted octanol–water partition coefficient (Wildman–Crippen LogP) is 5.32. The number of allylic oxidation sites excluding steroid dienone is 8. The van der Waals surface area contributed by atoms with E-state index in [0.717, 1.165) is 46.3 Å². The Morgan fingerprint density at radius 1 is 0.955 bits per heavy atom. The molecule has 89 heavy (non-hydrogen) atoms. The van der Waals surface area contributed by atoms with E-state index in [0.29, 0.717) is 33.0 Å². The molecule has 4 aliphatic rings. The molecule has 0 saturated carbocycles. The van der Waals surface area contributed by atoms with Gasteiger partial charge >= 0.3 is 29.2 Å². The maximum atomic E-state index is 13.4. The Labute approximate surface area is 512 Å². The van der Waals surface area contributed by atoms with Crippen molar-refractivity contribution >= 4 is 89.4 Å². The number of rotatable bonds is 23. The van der Waals surface area contributed by atoms with Crippen LogP contribution < -0.4 is 26.4 Å². The Morgan fingerprint density at radius 3 is 2.35 bits per heavy atom. The fraction of sp³-hybridized carbons (Fsp3) is 0.357. The number of nitrogens with zero attached hydrogens (tertiary/aromatic N) is 4. The number of carbonyl (C=O) groups is 1. The van der Waals surface area contributed by atoms with Gasteiger partial charge in [0.15, 0.2) is 11.9 Å². The molecule has 0 radical (unpaired) electrons. The lowest BCUT2D eigenvalue weighted by Gasteiger charge is -2.43. The van der Waals surface area contributed by atoms with Gasteiger partial charge in [-0.05, 0) is 82.9 Å². The number of likely N-dealkylation sites (N-methyl/N-ethyl adjacent to an activating group) is 1. The summed E-state index contributed by atoms with van der Waals surface area (Å²) in [6.07, 6.45) is 6.99. The molecule has 1 fully saturated rings. The molecule has 0 aliphatic carbocycles. The molecule has 3 unspecified atom stereocenters. The van der Waals surface area contributed by atoms with E-state index in [9.17, 15) is 69.2 Å². The topological polar surface area (TPSA) is 427 Å². The number of fused-ring (bicyclic) bond motifs is 3. The first kappa shape index (κ1) is 68.4. The molecule has 0 bridgehead atoms. The summed E-state index contributed by atoms with van der Waals surface area (Å²) in [6, 6.07) is 17.9. The number of carbonyl (C=O) groups excluding carboxylic acids is 1. The number of ether oxygens (including phenoxy) is 2. The highest BCUT2D eigenvalue weighted by Gasteiger charge is 2.49. The summed E-state index contributed by atoms with van der Waals surface area (Å²) < 4.78 is 132. The van der Waals surface area contributed by atoms with Gasteiger partial charge in [-0.15, -0.1) is 0 Å². The number of nitrogens with two attached hydrogens (primary N) is 1. The van der Waals surface area contributed by atoms with Crippen LogP contribution in [0.4, 0.5) is 17.2 Å². The minimum atomic E-state index is -5.89. The molecule has 4 aromatic rings. The Balaban J connectivity index is 1.00. The minimum Gasteiger partial charge on any atom is -0.748 e. The van der Waals surface area contributed by atoms with E-state index in [2.05, 4.69) is 86.1 Å². The number of hydrogen-bond donors (Lipinski definition) is 9. The normalized spacial score (nSPS) is 22.6. The van der Waals surface area contributed by atoms with Crippen LogP contribution in [0.2, 0.25) is 0 Å². The van der Waals surface area contributed by atoms with Gasteiger partial charge < -0.3 is 59.8 Å². The number of phosphoric ester groups is 1. The van der Waals surface area contributed by atoms with Gasteiger partial charge in [0.25, 0.3) is 10.1 Å². The van der Waals surface area contributed by atoms with Crippen molar-refractivity contribution in [3.05, 3.63) is 148 Å². The molecule has 3 aromatic carbocycles. The highest BCUT2D eigenvalue weighted by atomic mass is 32.2. The van der Waals surface area contributed by atoms with Crippen molar-refractivity contribution in [2.24, 2.45) is 0 Å². The third-order valence-electron chi connectivity index (χ3n) is 14.9. The summed E-state index contributed by atoms with van der Waals surface area (Å²) >= 11 is 0. The van der Waals surface area contributed by atoms with E-state index in [1.807, 2.05) is 55.5 Å². The summed E-state index contributed by atoms with van der Waals surface area (Å²) in [5, 5.41) is 24.0. The van der Waals surface area contributed by atoms with Crippen LogP contribution >= 0.6 is 23.5 Å². The van der Waals surface area contributed by atoms with Crippen LogP contribution in [0.25, 0.3) is 16.9 Å². The van der Waals surface area contributed by atoms with E-state index in [1.165, 1.54) is 18.2 Å². The maximum absolute atomic E-state index is 13.4. The third-order valence-corrected chi connectivity index (χ3v) is 20.3. The van der Waals surface area contributed by atoms with Gasteiger partial charge in [0, 0.05) is 77.5 Å². The molecule has 28 nitrogen and oxygen atoms in total. The molecule has 8 rings (SSSR count). The van der Waals surface area contributed by atoms with Gasteiger partial charge in [-0.25, -0.2) is 26.9 Å². The zero-order valence-corrected chi connectivity index (χ0v) is 52.7. The van der Waals surface area contributed by atoms with Crippen molar-refractivity contribution in [1.29, 1.82) is 0 Å². The quantitative estimate of drug-likeness (QED) is 0.0149. The van der Waals surface area contributed by atoms with E-state index >= 15 is 0 Å². The average molecular weight is 1330 g/mol. The highest BCUT2D eigenvalue weighted by molar-refractivity contribution is 7.86. The molecular weight excluding hydrogens is 1270 g/mol. The zero-order chi connectivity index (χ0) is 65.2. The predicted molar refractivity (Wildman–Crippen MR) is 323 cm³/mol. The fourth-order valence-corrected chi connectivity index (χ4v) is 15.0. The second-order valence-corrected chi connectivity index (χ2v) is 29.0. The molecule has 4 aliphatic heterocycles. The van der Waals surface area contributed by atoms with Gasteiger partial charge in [-0.1, -0.05) is 72.6 Å². The van der Waals surface area contributed by atoms with Crippen molar-refractivity contribution in [2.75, 3.05) is 42.6 Å². The van der Waals surface area contributed by atoms with E-state index in [1.54, 1.807) is 22.8 Å². The molecule has 7 atom stereocenters. The minimum absolute atomic E-state index is 0.00618. The lowest BCUT2D eigenvalue weighted by molar-refractivity contribution is -0.437. The molecule has 1 amide bonds. The van der Waals surface area contributed by atoms with E-state index < -0.39 is 108 Å². The molecule has 1 saturated heterocycles. The van der Waals surface area contributed by atoms with Gasteiger partial charge in [-0.2, -0.15) is 26.6 Å². The summed E-state index contributed by atoms with van der Waals surface area (Å²) in [7, 11) is -26.7. The molecular formula is C56H65N6O22P3S2. The van der Waals surface area contributed by atoms with Gasteiger partial charge in [0.05, 0.1) is 44.7 Å².